The lowest BCUT2D eigenvalue weighted by molar-refractivity contribution is 0.111. The Morgan fingerprint density at radius 1 is 1.25 bits per heavy atom. The molecule has 0 N–H and O–H groups in total. The zero-order valence-corrected chi connectivity index (χ0v) is 12.6. The van der Waals surface area contributed by atoms with Crippen molar-refractivity contribution in [1.82, 2.24) is 9.97 Å². The molecule has 2 aromatic heterocycles. The van der Waals surface area contributed by atoms with Gasteiger partial charge in [0.2, 0.25) is 5.88 Å². The summed E-state index contributed by atoms with van der Waals surface area (Å²) >= 11 is 8.92. The minimum Gasteiger partial charge on any atom is -0.489 e. The Kier molecular flexibility index (Phi) is 5.31. The molecular weight excluding hydrogens is 348 g/mol. The predicted octanol–water partition coefficient (Wildman–Crippen LogP) is 3.16. The molecule has 7 heteroatoms. The largest absolute Gasteiger partial charge is 0.489 e. The summed E-state index contributed by atoms with van der Waals surface area (Å²) in [6, 6.07) is 6.73. The van der Waals surface area contributed by atoms with Gasteiger partial charge in [-0.05, 0) is 28.1 Å². The molecule has 20 heavy (non-hydrogen) atoms. The van der Waals surface area contributed by atoms with Crippen LogP contribution in [0.3, 0.4) is 0 Å². The van der Waals surface area contributed by atoms with Crippen LogP contribution < -0.4 is 9.47 Å². The van der Waals surface area contributed by atoms with Crippen molar-refractivity contribution < 1.29 is 14.3 Å². The molecule has 0 saturated carbocycles. The smallest absolute Gasteiger partial charge is 0.214 e. The Labute approximate surface area is 129 Å². The average Bonchev–Trinajstić information content (AvgIpc) is 2.44. The number of rotatable bonds is 6. The Bertz CT molecular complexity index is 610. The fourth-order valence-electron chi connectivity index (χ4n) is 1.43. The molecule has 0 aliphatic heterocycles. The third-order valence-corrected chi connectivity index (χ3v) is 3.14. The van der Waals surface area contributed by atoms with Gasteiger partial charge in [0.05, 0.1) is 5.56 Å². The van der Waals surface area contributed by atoms with Gasteiger partial charge in [0.25, 0.3) is 0 Å². The number of halogens is 2. The van der Waals surface area contributed by atoms with Crippen LogP contribution in [0.4, 0.5) is 0 Å². The zero-order chi connectivity index (χ0) is 14.4. The van der Waals surface area contributed by atoms with Gasteiger partial charge < -0.3 is 9.47 Å². The van der Waals surface area contributed by atoms with Gasteiger partial charge >= 0.3 is 0 Å². The van der Waals surface area contributed by atoms with Crippen molar-refractivity contribution in [2.75, 3.05) is 13.2 Å². The van der Waals surface area contributed by atoms with Crippen LogP contribution in [-0.2, 0) is 0 Å². The molecule has 5 nitrogen and oxygen atoms in total. The van der Waals surface area contributed by atoms with Crippen LogP contribution in [-0.4, -0.2) is 29.5 Å². The van der Waals surface area contributed by atoms with Crippen LogP contribution >= 0.6 is 27.5 Å². The standard InChI is InChI=1S/C13H10BrClN2O3/c14-13-9(8-18)10(4-5-16-13)19-6-7-20-12-3-1-2-11(15)17-12/h1-5,8H,6-7H2. The summed E-state index contributed by atoms with van der Waals surface area (Å²) in [5, 5.41) is 0.365. The van der Waals surface area contributed by atoms with Crippen molar-refractivity contribution in [3.05, 3.63) is 45.8 Å². The van der Waals surface area contributed by atoms with Gasteiger partial charge in [0.15, 0.2) is 6.29 Å². The molecule has 0 bridgehead atoms. The average molecular weight is 358 g/mol. The maximum absolute atomic E-state index is 10.9. The Balaban J connectivity index is 1.87. The summed E-state index contributed by atoms with van der Waals surface area (Å²) in [6.07, 6.45) is 2.23. The Morgan fingerprint density at radius 3 is 2.80 bits per heavy atom. The van der Waals surface area contributed by atoms with Gasteiger partial charge in [-0.3, -0.25) is 4.79 Å². The first kappa shape index (κ1) is 14.7. The first-order valence-corrected chi connectivity index (χ1v) is 6.85. The van der Waals surface area contributed by atoms with Gasteiger partial charge in [0.1, 0.15) is 28.7 Å². The maximum Gasteiger partial charge on any atom is 0.214 e. The van der Waals surface area contributed by atoms with Crippen molar-refractivity contribution in [3.63, 3.8) is 0 Å². The van der Waals surface area contributed by atoms with Crippen molar-refractivity contribution in [1.29, 1.82) is 0 Å². The Morgan fingerprint density at radius 2 is 2.05 bits per heavy atom. The summed E-state index contributed by atoms with van der Waals surface area (Å²) < 4.78 is 11.3. The number of nitrogens with zero attached hydrogens (tertiary/aromatic N) is 2. The van der Waals surface area contributed by atoms with Crippen molar-refractivity contribution in [2.45, 2.75) is 0 Å². The van der Waals surface area contributed by atoms with Gasteiger partial charge in [-0.2, -0.15) is 0 Å². The molecule has 104 valence electrons. The van der Waals surface area contributed by atoms with Crippen LogP contribution in [0, 0.1) is 0 Å². The molecule has 0 atom stereocenters. The van der Waals surface area contributed by atoms with Gasteiger partial charge in [0, 0.05) is 12.3 Å². The molecule has 0 saturated heterocycles. The van der Waals surface area contributed by atoms with Gasteiger partial charge in [-0.1, -0.05) is 17.7 Å². The van der Waals surface area contributed by atoms with E-state index in [1.807, 2.05) is 0 Å². The summed E-state index contributed by atoms with van der Waals surface area (Å²) in [7, 11) is 0. The number of ether oxygens (including phenoxy) is 2. The second-order valence-electron chi connectivity index (χ2n) is 3.63. The first-order valence-electron chi connectivity index (χ1n) is 5.68. The lowest BCUT2D eigenvalue weighted by Gasteiger charge is -2.09. The highest BCUT2D eigenvalue weighted by atomic mass is 79.9. The molecule has 0 unspecified atom stereocenters. The monoisotopic (exact) mass is 356 g/mol. The third kappa shape index (κ3) is 3.91. The van der Waals surface area contributed by atoms with Crippen molar-refractivity contribution in [2.24, 2.45) is 0 Å². The molecule has 0 aliphatic rings. The second-order valence-corrected chi connectivity index (χ2v) is 4.77. The van der Waals surface area contributed by atoms with Crippen molar-refractivity contribution >= 4 is 33.8 Å². The lowest BCUT2D eigenvalue weighted by Crippen LogP contribution is -2.10. The fraction of sp³-hybridized carbons (Fsp3) is 0.154. The molecular formula is C13H10BrClN2O3. The molecule has 0 radical (unpaired) electrons. The van der Waals surface area contributed by atoms with E-state index in [1.54, 1.807) is 30.5 Å². The number of carbonyl (C=O) groups excluding carboxylic acids is 1. The topological polar surface area (TPSA) is 61.3 Å². The van der Waals surface area contributed by atoms with E-state index in [1.165, 1.54) is 0 Å². The minimum atomic E-state index is 0.269. The van der Waals surface area contributed by atoms with Crippen LogP contribution in [0.1, 0.15) is 10.4 Å². The number of hydrogen-bond acceptors (Lipinski definition) is 5. The SMILES string of the molecule is O=Cc1c(OCCOc2cccc(Cl)n2)ccnc1Br. The predicted molar refractivity (Wildman–Crippen MR) is 77.6 cm³/mol. The number of carbonyl (C=O) groups is 1. The van der Waals surface area contributed by atoms with Gasteiger partial charge in [-0.25, -0.2) is 9.97 Å². The van der Waals surface area contributed by atoms with Crippen LogP contribution in [0.15, 0.2) is 35.1 Å². The number of hydrogen-bond donors (Lipinski definition) is 0. The highest BCUT2D eigenvalue weighted by Gasteiger charge is 2.08. The molecule has 0 fully saturated rings. The summed E-state index contributed by atoms with van der Waals surface area (Å²) in [5.74, 6) is 0.872. The van der Waals surface area contributed by atoms with E-state index in [4.69, 9.17) is 21.1 Å². The minimum absolute atomic E-state index is 0.269. The lowest BCUT2D eigenvalue weighted by atomic mass is 10.3. The van der Waals surface area contributed by atoms with Crippen molar-refractivity contribution in [3.8, 4) is 11.6 Å². The number of pyridine rings is 2. The van der Waals surface area contributed by atoms with Crippen LogP contribution in [0.25, 0.3) is 0 Å². The molecule has 0 aliphatic carbocycles. The number of aromatic nitrogens is 2. The Hall–Kier alpha value is -1.66. The molecule has 0 amide bonds. The van der Waals surface area contributed by atoms with E-state index in [0.29, 0.717) is 33.2 Å². The van der Waals surface area contributed by atoms with Crippen LogP contribution in [0.5, 0.6) is 11.6 Å². The van der Waals surface area contributed by atoms with E-state index in [-0.39, 0.29) is 13.2 Å². The van der Waals surface area contributed by atoms with E-state index < -0.39 is 0 Å². The van der Waals surface area contributed by atoms with E-state index >= 15 is 0 Å². The first-order chi connectivity index (χ1) is 9.70. The van der Waals surface area contributed by atoms with E-state index in [2.05, 4.69) is 25.9 Å². The van der Waals surface area contributed by atoms with E-state index in [0.717, 1.165) is 0 Å². The quantitative estimate of drug-likeness (QED) is 0.451. The zero-order valence-electron chi connectivity index (χ0n) is 10.3. The normalized spacial score (nSPS) is 10.1. The summed E-state index contributed by atoms with van der Waals surface area (Å²) in [5.41, 5.74) is 0.369. The second kappa shape index (κ2) is 7.21. The number of aldehydes is 1. The highest BCUT2D eigenvalue weighted by Crippen LogP contribution is 2.22. The molecule has 0 aromatic carbocycles. The van der Waals surface area contributed by atoms with Gasteiger partial charge in [-0.15, -0.1) is 0 Å². The summed E-state index contributed by atoms with van der Waals surface area (Å²) in [4.78, 5) is 18.9. The molecule has 2 heterocycles. The summed E-state index contributed by atoms with van der Waals surface area (Å²) in [6.45, 7) is 0.553. The maximum atomic E-state index is 10.9. The van der Waals surface area contributed by atoms with E-state index in [9.17, 15) is 4.79 Å². The van der Waals surface area contributed by atoms with Crippen LogP contribution in [0.2, 0.25) is 5.15 Å². The highest BCUT2D eigenvalue weighted by molar-refractivity contribution is 9.10. The molecule has 2 aromatic rings. The molecule has 0 spiro atoms. The molecule has 2 rings (SSSR count). The third-order valence-electron chi connectivity index (χ3n) is 2.30. The fourth-order valence-corrected chi connectivity index (χ4v) is 1.99.